The zero-order chi connectivity index (χ0) is 11.5. The van der Waals surface area contributed by atoms with Gasteiger partial charge in [-0.25, -0.2) is 0 Å². The van der Waals surface area contributed by atoms with Crippen LogP contribution in [0, 0.1) is 11.3 Å². The third-order valence-electron chi connectivity index (χ3n) is 2.41. The number of carbonyl (C=O) groups is 1. The second-order valence-corrected chi connectivity index (χ2v) is 3.52. The van der Waals surface area contributed by atoms with Crippen molar-refractivity contribution in [1.29, 1.82) is 5.26 Å². The molecule has 2 N–H and O–H groups in total. The minimum absolute atomic E-state index is 0.0726. The number of phenols is 1. The molecular formula is C11H11NO3. The van der Waals surface area contributed by atoms with E-state index in [-0.39, 0.29) is 12.2 Å². The van der Waals surface area contributed by atoms with Crippen molar-refractivity contribution < 1.29 is 15.0 Å². The maximum atomic E-state index is 11.1. The van der Waals surface area contributed by atoms with Crippen molar-refractivity contribution in [2.75, 3.05) is 0 Å². The lowest BCUT2D eigenvalue weighted by Crippen LogP contribution is -2.31. The number of carboxylic acids is 1. The van der Waals surface area contributed by atoms with E-state index in [1.165, 1.54) is 31.2 Å². The molecule has 1 aromatic rings. The lowest BCUT2D eigenvalue weighted by molar-refractivity contribution is -0.143. The number of nitrogens with zero attached hydrogens (tertiary/aromatic N) is 1. The van der Waals surface area contributed by atoms with Gasteiger partial charge >= 0.3 is 5.97 Å². The number of carboxylic acid groups (broad SMARTS) is 1. The first kappa shape index (κ1) is 11.1. The Labute approximate surface area is 87.4 Å². The van der Waals surface area contributed by atoms with Gasteiger partial charge in [0.25, 0.3) is 0 Å². The van der Waals surface area contributed by atoms with Gasteiger partial charge in [0.2, 0.25) is 0 Å². The number of rotatable bonds is 3. The average molecular weight is 205 g/mol. The van der Waals surface area contributed by atoms with Gasteiger partial charge in [-0.2, -0.15) is 5.26 Å². The van der Waals surface area contributed by atoms with E-state index in [2.05, 4.69) is 0 Å². The molecule has 1 atom stereocenters. The van der Waals surface area contributed by atoms with Gasteiger partial charge in [-0.3, -0.25) is 4.79 Å². The number of hydrogen-bond donors (Lipinski definition) is 2. The molecule has 0 spiro atoms. The summed E-state index contributed by atoms with van der Waals surface area (Å²) < 4.78 is 0. The highest BCUT2D eigenvalue weighted by Crippen LogP contribution is 2.28. The summed E-state index contributed by atoms with van der Waals surface area (Å²) in [6.45, 7) is 1.49. The van der Waals surface area contributed by atoms with Crippen molar-refractivity contribution in [2.45, 2.75) is 18.8 Å². The van der Waals surface area contributed by atoms with Crippen LogP contribution in [0.25, 0.3) is 0 Å². The third-order valence-corrected chi connectivity index (χ3v) is 2.41. The lowest BCUT2D eigenvalue weighted by Gasteiger charge is -2.21. The Morgan fingerprint density at radius 2 is 2.00 bits per heavy atom. The van der Waals surface area contributed by atoms with Gasteiger partial charge in [0, 0.05) is 0 Å². The fourth-order valence-electron chi connectivity index (χ4n) is 1.29. The number of aliphatic carboxylic acids is 1. The minimum atomic E-state index is -1.22. The quantitative estimate of drug-likeness (QED) is 0.786. The molecule has 1 unspecified atom stereocenters. The van der Waals surface area contributed by atoms with Crippen LogP contribution in [0.5, 0.6) is 5.75 Å². The standard InChI is InChI=1S/C11H11NO3/c1-11(6-7-12,10(14)15)8-2-4-9(13)5-3-8/h2-5,13H,6H2,1H3,(H,14,15). The number of aromatic hydroxyl groups is 1. The van der Waals surface area contributed by atoms with Gasteiger partial charge in [0.15, 0.2) is 0 Å². The Hall–Kier alpha value is -2.02. The van der Waals surface area contributed by atoms with Crippen LogP contribution >= 0.6 is 0 Å². The van der Waals surface area contributed by atoms with Crippen LogP contribution in [-0.2, 0) is 10.2 Å². The molecule has 0 aliphatic carbocycles. The number of benzene rings is 1. The van der Waals surface area contributed by atoms with E-state index in [1.807, 2.05) is 6.07 Å². The summed E-state index contributed by atoms with van der Waals surface area (Å²) in [7, 11) is 0. The van der Waals surface area contributed by atoms with Gasteiger partial charge in [-0.1, -0.05) is 12.1 Å². The van der Waals surface area contributed by atoms with E-state index in [1.54, 1.807) is 0 Å². The Morgan fingerprint density at radius 3 is 2.40 bits per heavy atom. The minimum Gasteiger partial charge on any atom is -0.508 e. The van der Waals surface area contributed by atoms with Gasteiger partial charge in [0.05, 0.1) is 12.5 Å². The summed E-state index contributed by atoms with van der Waals surface area (Å²) >= 11 is 0. The van der Waals surface area contributed by atoms with E-state index in [4.69, 9.17) is 15.5 Å². The van der Waals surface area contributed by atoms with E-state index >= 15 is 0 Å². The van der Waals surface area contributed by atoms with Crippen molar-refractivity contribution >= 4 is 5.97 Å². The van der Waals surface area contributed by atoms with Crippen LogP contribution < -0.4 is 0 Å². The molecule has 1 aromatic carbocycles. The first-order chi connectivity index (χ1) is 7.00. The summed E-state index contributed by atoms with van der Waals surface area (Å²) in [6.07, 6.45) is -0.104. The molecule has 4 nitrogen and oxygen atoms in total. The van der Waals surface area contributed by atoms with E-state index in [0.29, 0.717) is 5.56 Å². The normalized spacial score (nSPS) is 13.9. The fourth-order valence-corrected chi connectivity index (χ4v) is 1.29. The number of phenolic OH excluding ortho intramolecular Hbond substituents is 1. The number of hydrogen-bond acceptors (Lipinski definition) is 3. The summed E-state index contributed by atoms with van der Waals surface area (Å²) in [5.41, 5.74) is -0.711. The van der Waals surface area contributed by atoms with Crippen molar-refractivity contribution in [1.82, 2.24) is 0 Å². The molecule has 0 saturated carbocycles. The first-order valence-corrected chi connectivity index (χ1v) is 4.40. The van der Waals surface area contributed by atoms with Crippen LogP contribution in [-0.4, -0.2) is 16.2 Å². The van der Waals surface area contributed by atoms with Crippen molar-refractivity contribution in [3.63, 3.8) is 0 Å². The van der Waals surface area contributed by atoms with Crippen molar-refractivity contribution in [3.8, 4) is 11.8 Å². The van der Waals surface area contributed by atoms with Gasteiger partial charge in [-0.15, -0.1) is 0 Å². The van der Waals surface area contributed by atoms with Crippen LogP contribution in [0.4, 0.5) is 0 Å². The van der Waals surface area contributed by atoms with Crippen molar-refractivity contribution in [3.05, 3.63) is 29.8 Å². The molecular weight excluding hydrogens is 194 g/mol. The second-order valence-electron chi connectivity index (χ2n) is 3.52. The monoisotopic (exact) mass is 205 g/mol. The smallest absolute Gasteiger partial charge is 0.314 e. The van der Waals surface area contributed by atoms with Crippen LogP contribution in [0.1, 0.15) is 18.9 Å². The molecule has 0 amide bonds. The maximum Gasteiger partial charge on any atom is 0.314 e. The van der Waals surface area contributed by atoms with E-state index in [0.717, 1.165) is 0 Å². The molecule has 0 bridgehead atoms. The van der Waals surface area contributed by atoms with Gasteiger partial charge in [-0.05, 0) is 24.6 Å². The summed E-state index contributed by atoms with van der Waals surface area (Å²) in [4.78, 5) is 11.1. The Balaban J connectivity index is 3.16. The topological polar surface area (TPSA) is 81.3 Å². The highest BCUT2D eigenvalue weighted by molar-refractivity contribution is 5.81. The molecule has 0 radical (unpaired) electrons. The molecule has 4 heteroatoms. The SMILES string of the molecule is CC(CC#N)(C(=O)O)c1ccc(O)cc1. The molecule has 0 aromatic heterocycles. The molecule has 0 aliphatic rings. The highest BCUT2D eigenvalue weighted by Gasteiger charge is 2.34. The molecule has 0 aliphatic heterocycles. The zero-order valence-electron chi connectivity index (χ0n) is 8.27. The van der Waals surface area contributed by atoms with Gasteiger partial charge in [0.1, 0.15) is 11.2 Å². The van der Waals surface area contributed by atoms with E-state index < -0.39 is 11.4 Å². The summed E-state index contributed by atoms with van der Waals surface area (Å²) in [6, 6.07) is 7.71. The Bertz CT molecular complexity index is 405. The zero-order valence-corrected chi connectivity index (χ0v) is 8.27. The third kappa shape index (κ3) is 2.08. The molecule has 0 fully saturated rings. The van der Waals surface area contributed by atoms with E-state index in [9.17, 15) is 4.79 Å². The average Bonchev–Trinajstić information content (AvgIpc) is 2.18. The van der Waals surface area contributed by atoms with Crippen LogP contribution in [0.15, 0.2) is 24.3 Å². The molecule has 0 heterocycles. The van der Waals surface area contributed by atoms with Crippen LogP contribution in [0.3, 0.4) is 0 Å². The molecule has 0 saturated heterocycles. The summed E-state index contributed by atoms with van der Waals surface area (Å²) in [5, 5.41) is 26.8. The Kier molecular flexibility index (Phi) is 2.96. The lowest BCUT2D eigenvalue weighted by atomic mass is 9.80. The largest absolute Gasteiger partial charge is 0.508 e. The fraction of sp³-hybridized carbons (Fsp3) is 0.273. The van der Waals surface area contributed by atoms with Crippen molar-refractivity contribution in [2.24, 2.45) is 0 Å². The predicted octanol–water partition coefficient (Wildman–Crippen LogP) is 1.65. The maximum absolute atomic E-state index is 11.1. The summed E-state index contributed by atoms with van der Waals surface area (Å²) in [5.74, 6) is -0.974. The highest BCUT2D eigenvalue weighted by atomic mass is 16.4. The number of nitriles is 1. The molecule has 1 rings (SSSR count). The Morgan fingerprint density at radius 1 is 1.47 bits per heavy atom. The molecule has 78 valence electrons. The van der Waals surface area contributed by atoms with Crippen LogP contribution in [0.2, 0.25) is 0 Å². The first-order valence-electron chi connectivity index (χ1n) is 4.40. The van der Waals surface area contributed by atoms with Gasteiger partial charge < -0.3 is 10.2 Å². The second kappa shape index (κ2) is 4.01. The predicted molar refractivity (Wildman–Crippen MR) is 53.3 cm³/mol. The molecule has 15 heavy (non-hydrogen) atoms.